The van der Waals surface area contributed by atoms with Gasteiger partial charge in [0, 0.05) is 25.7 Å². The van der Waals surface area contributed by atoms with E-state index in [0.717, 1.165) is 44.8 Å². The van der Waals surface area contributed by atoms with Crippen molar-refractivity contribution < 1.29 is 12.8 Å². The van der Waals surface area contributed by atoms with E-state index in [0.29, 0.717) is 18.2 Å². The van der Waals surface area contributed by atoms with Gasteiger partial charge in [0.05, 0.1) is 4.90 Å². The summed E-state index contributed by atoms with van der Waals surface area (Å²) < 4.78 is 41.0. The SMILES string of the molecule is Cc1ccc(F)cc1S(=O)(=O)NCCCN1CCc2cccc3c2C1CC3. The van der Waals surface area contributed by atoms with Crippen molar-refractivity contribution in [2.45, 2.75) is 43.5 Å². The Morgan fingerprint density at radius 2 is 1.96 bits per heavy atom. The Kier molecular flexibility index (Phi) is 5.05. The number of halogens is 1. The standard InChI is InChI=1S/C21H25FN2O2S/c1-15-6-8-18(22)14-20(15)27(25,26)23-11-3-12-24-13-10-17-5-2-4-16-7-9-19(24)21(16)17/h2,4-6,8,14,19,23H,3,7,9-13H2,1H3. The van der Waals surface area contributed by atoms with E-state index >= 15 is 0 Å². The third-order valence-corrected chi connectivity index (χ3v) is 7.37. The molecule has 144 valence electrons. The first-order chi connectivity index (χ1) is 13.0. The van der Waals surface area contributed by atoms with Gasteiger partial charge in [0.1, 0.15) is 5.82 Å². The van der Waals surface area contributed by atoms with Crippen LogP contribution in [-0.2, 0) is 22.9 Å². The highest BCUT2D eigenvalue weighted by Gasteiger charge is 2.32. The Labute approximate surface area is 160 Å². The first kappa shape index (κ1) is 18.6. The minimum Gasteiger partial charge on any atom is -0.296 e. The zero-order valence-corrected chi connectivity index (χ0v) is 16.4. The third-order valence-electron chi connectivity index (χ3n) is 5.77. The largest absolute Gasteiger partial charge is 0.296 e. The zero-order valence-electron chi connectivity index (χ0n) is 15.5. The van der Waals surface area contributed by atoms with Gasteiger partial charge in [-0.25, -0.2) is 17.5 Å². The molecule has 2 aromatic carbocycles. The van der Waals surface area contributed by atoms with Crippen LogP contribution in [0.3, 0.4) is 0 Å². The lowest BCUT2D eigenvalue weighted by molar-refractivity contribution is 0.184. The molecule has 2 aromatic rings. The Balaban J connectivity index is 1.35. The second kappa shape index (κ2) is 7.34. The van der Waals surface area contributed by atoms with E-state index in [1.54, 1.807) is 6.92 Å². The molecule has 4 rings (SSSR count). The fourth-order valence-electron chi connectivity index (χ4n) is 4.45. The highest BCUT2D eigenvalue weighted by molar-refractivity contribution is 7.89. The van der Waals surface area contributed by atoms with Crippen LogP contribution < -0.4 is 4.72 Å². The van der Waals surface area contributed by atoms with Crippen LogP contribution in [0.2, 0.25) is 0 Å². The molecular formula is C21H25FN2O2S. The molecule has 0 saturated heterocycles. The van der Waals surface area contributed by atoms with E-state index in [2.05, 4.69) is 27.8 Å². The molecule has 1 atom stereocenters. The predicted octanol–water partition coefficient (Wildman–Crippen LogP) is 3.35. The van der Waals surface area contributed by atoms with Gasteiger partial charge in [0.25, 0.3) is 0 Å². The summed E-state index contributed by atoms with van der Waals surface area (Å²) in [5.74, 6) is -0.537. The van der Waals surface area contributed by atoms with Gasteiger partial charge in [-0.1, -0.05) is 24.3 Å². The van der Waals surface area contributed by atoms with Crippen molar-refractivity contribution in [3.8, 4) is 0 Å². The molecule has 0 saturated carbocycles. The molecule has 1 unspecified atom stereocenters. The Hall–Kier alpha value is -1.76. The summed E-state index contributed by atoms with van der Waals surface area (Å²) >= 11 is 0. The minimum atomic E-state index is -3.68. The predicted molar refractivity (Wildman–Crippen MR) is 104 cm³/mol. The normalized spacial score (nSPS) is 19.3. The summed E-state index contributed by atoms with van der Waals surface area (Å²) in [5.41, 5.74) is 5.02. The maximum absolute atomic E-state index is 13.4. The number of sulfonamides is 1. The van der Waals surface area contributed by atoms with Gasteiger partial charge in [-0.3, -0.25) is 4.90 Å². The van der Waals surface area contributed by atoms with Crippen LogP contribution in [-0.4, -0.2) is 33.0 Å². The van der Waals surface area contributed by atoms with Crippen molar-refractivity contribution in [2.24, 2.45) is 0 Å². The molecule has 0 aromatic heterocycles. The Bertz CT molecular complexity index is 959. The van der Waals surface area contributed by atoms with Crippen molar-refractivity contribution in [1.82, 2.24) is 9.62 Å². The summed E-state index contributed by atoms with van der Waals surface area (Å²) in [5, 5.41) is 0. The number of aryl methyl sites for hydroxylation is 2. The van der Waals surface area contributed by atoms with Crippen LogP contribution >= 0.6 is 0 Å². The van der Waals surface area contributed by atoms with E-state index < -0.39 is 15.8 Å². The van der Waals surface area contributed by atoms with Gasteiger partial charge in [0.2, 0.25) is 10.0 Å². The lowest BCUT2D eigenvalue weighted by Gasteiger charge is -2.35. The van der Waals surface area contributed by atoms with Gasteiger partial charge in [0.15, 0.2) is 0 Å². The average Bonchev–Trinajstić information content (AvgIpc) is 3.08. The molecule has 1 aliphatic heterocycles. The van der Waals surface area contributed by atoms with E-state index in [1.807, 2.05) is 0 Å². The molecule has 0 fully saturated rings. The second-order valence-corrected chi connectivity index (χ2v) is 9.23. The van der Waals surface area contributed by atoms with Crippen molar-refractivity contribution in [2.75, 3.05) is 19.6 Å². The smallest absolute Gasteiger partial charge is 0.240 e. The number of nitrogens with zero attached hydrogens (tertiary/aromatic N) is 1. The second-order valence-electron chi connectivity index (χ2n) is 7.49. The van der Waals surface area contributed by atoms with Crippen molar-refractivity contribution in [3.63, 3.8) is 0 Å². The highest BCUT2D eigenvalue weighted by Crippen LogP contribution is 2.41. The molecular weight excluding hydrogens is 363 g/mol. The van der Waals surface area contributed by atoms with Gasteiger partial charge in [-0.05, 0) is 67.0 Å². The van der Waals surface area contributed by atoms with Crippen LogP contribution in [0.4, 0.5) is 4.39 Å². The minimum absolute atomic E-state index is 0.0230. The Morgan fingerprint density at radius 1 is 1.19 bits per heavy atom. The van der Waals surface area contributed by atoms with Gasteiger partial charge < -0.3 is 0 Å². The number of hydrogen-bond acceptors (Lipinski definition) is 3. The van der Waals surface area contributed by atoms with Gasteiger partial charge in [-0.2, -0.15) is 0 Å². The monoisotopic (exact) mass is 388 g/mol. The molecule has 1 N–H and O–H groups in total. The maximum atomic E-state index is 13.4. The van der Waals surface area contributed by atoms with Gasteiger partial charge in [-0.15, -0.1) is 0 Å². The summed E-state index contributed by atoms with van der Waals surface area (Å²) in [7, 11) is -3.68. The molecule has 0 bridgehead atoms. The van der Waals surface area contributed by atoms with Crippen LogP contribution in [0, 0.1) is 12.7 Å². The van der Waals surface area contributed by atoms with Crippen molar-refractivity contribution in [3.05, 3.63) is 64.5 Å². The van der Waals surface area contributed by atoms with Crippen molar-refractivity contribution in [1.29, 1.82) is 0 Å². The van der Waals surface area contributed by atoms with Crippen molar-refractivity contribution >= 4 is 10.0 Å². The molecule has 0 radical (unpaired) electrons. The summed E-state index contributed by atoms with van der Waals surface area (Å²) in [4.78, 5) is 2.51. The molecule has 2 aliphatic rings. The fraction of sp³-hybridized carbons (Fsp3) is 0.429. The quantitative estimate of drug-likeness (QED) is 0.772. The number of nitrogens with one attached hydrogen (secondary N) is 1. The van der Waals surface area contributed by atoms with E-state index in [4.69, 9.17) is 0 Å². The molecule has 1 aliphatic carbocycles. The molecule has 6 heteroatoms. The number of hydrogen-bond donors (Lipinski definition) is 1. The van der Waals surface area contributed by atoms with E-state index in [-0.39, 0.29) is 4.90 Å². The molecule has 4 nitrogen and oxygen atoms in total. The third kappa shape index (κ3) is 3.66. The van der Waals surface area contributed by atoms with Crippen LogP contribution in [0.25, 0.3) is 0 Å². The summed E-state index contributed by atoms with van der Waals surface area (Å²) in [6.45, 7) is 3.92. The van der Waals surface area contributed by atoms with E-state index in [1.165, 1.54) is 28.8 Å². The first-order valence-corrected chi connectivity index (χ1v) is 11.0. The van der Waals surface area contributed by atoms with Crippen LogP contribution in [0.1, 0.15) is 41.1 Å². The number of benzene rings is 2. The molecule has 0 amide bonds. The topological polar surface area (TPSA) is 49.4 Å². The maximum Gasteiger partial charge on any atom is 0.240 e. The lowest BCUT2D eigenvalue weighted by atomic mass is 9.93. The van der Waals surface area contributed by atoms with E-state index in [9.17, 15) is 12.8 Å². The number of rotatable bonds is 6. The lowest BCUT2D eigenvalue weighted by Crippen LogP contribution is -2.36. The average molecular weight is 389 g/mol. The molecule has 27 heavy (non-hydrogen) atoms. The van der Waals surface area contributed by atoms with Gasteiger partial charge >= 0.3 is 0 Å². The fourth-order valence-corrected chi connectivity index (χ4v) is 5.78. The summed E-state index contributed by atoms with van der Waals surface area (Å²) in [6.07, 6.45) is 4.09. The highest BCUT2D eigenvalue weighted by atomic mass is 32.2. The summed E-state index contributed by atoms with van der Waals surface area (Å²) in [6, 6.07) is 11.0. The first-order valence-electron chi connectivity index (χ1n) is 9.56. The van der Waals surface area contributed by atoms with Crippen LogP contribution in [0.5, 0.6) is 0 Å². The molecule has 0 spiro atoms. The van der Waals surface area contributed by atoms with Crippen LogP contribution in [0.15, 0.2) is 41.3 Å². The molecule has 1 heterocycles. The Morgan fingerprint density at radius 3 is 2.78 bits per heavy atom. The zero-order chi connectivity index (χ0) is 19.0.